The number of amides is 1. The van der Waals surface area contributed by atoms with Gasteiger partial charge in [-0.05, 0) is 29.8 Å². The molecular formula is C24H19N5OS. The predicted molar refractivity (Wildman–Crippen MR) is 121 cm³/mol. The fourth-order valence-electron chi connectivity index (χ4n) is 3.16. The van der Waals surface area contributed by atoms with E-state index in [4.69, 9.17) is 5.26 Å². The highest BCUT2D eigenvalue weighted by Crippen LogP contribution is 2.25. The van der Waals surface area contributed by atoms with Gasteiger partial charge in [-0.15, -0.1) is 17.9 Å². The Balaban J connectivity index is 1.54. The van der Waals surface area contributed by atoms with Crippen LogP contribution >= 0.6 is 11.3 Å². The average Bonchev–Trinajstić information content (AvgIpc) is 3.49. The van der Waals surface area contributed by atoms with Crippen molar-refractivity contribution in [2.24, 2.45) is 0 Å². The molecule has 0 saturated carbocycles. The van der Waals surface area contributed by atoms with Gasteiger partial charge in [-0.25, -0.2) is 9.67 Å². The predicted octanol–water partition coefficient (Wildman–Crippen LogP) is 4.70. The molecule has 7 heteroatoms. The molecule has 152 valence electrons. The number of carbonyl (C=O) groups excluding carboxylic acids is 1. The number of hydrogen-bond donors (Lipinski definition) is 0. The average molecular weight is 426 g/mol. The second-order valence-electron chi connectivity index (χ2n) is 6.83. The summed E-state index contributed by atoms with van der Waals surface area (Å²) in [6, 6.07) is 19.2. The molecule has 0 saturated heterocycles. The van der Waals surface area contributed by atoms with Crippen molar-refractivity contribution in [3.05, 3.63) is 102 Å². The number of benzene rings is 2. The lowest BCUT2D eigenvalue weighted by Gasteiger charge is -2.20. The highest BCUT2D eigenvalue weighted by atomic mass is 32.1. The molecule has 2 aromatic carbocycles. The van der Waals surface area contributed by atoms with Crippen LogP contribution in [-0.2, 0) is 6.54 Å². The molecule has 0 radical (unpaired) electrons. The second-order valence-corrected chi connectivity index (χ2v) is 7.69. The van der Waals surface area contributed by atoms with Crippen LogP contribution in [0.3, 0.4) is 0 Å². The highest BCUT2D eigenvalue weighted by Gasteiger charge is 2.19. The van der Waals surface area contributed by atoms with E-state index in [0.717, 1.165) is 21.8 Å². The third kappa shape index (κ3) is 4.60. The molecule has 0 bridgehead atoms. The van der Waals surface area contributed by atoms with Crippen LogP contribution in [0.4, 0.5) is 0 Å². The van der Waals surface area contributed by atoms with E-state index in [0.29, 0.717) is 24.3 Å². The third-order valence-corrected chi connectivity index (χ3v) is 5.53. The Morgan fingerprint density at radius 2 is 2.06 bits per heavy atom. The molecule has 6 nitrogen and oxygen atoms in total. The maximum absolute atomic E-state index is 13.1. The molecule has 0 atom stereocenters. The first-order valence-corrected chi connectivity index (χ1v) is 10.5. The van der Waals surface area contributed by atoms with Gasteiger partial charge in [0.1, 0.15) is 10.7 Å². The number of carbonyl (C=O) groups is 1. The van der Waals surface area contributed by atoms with Crippen molar-refractivity contribution in [1.82, 2.24) is 19.7 Å². The standard InChI is InChI=1S/C24H19N5OS/c1-2-11-28(15-19-8-6-7-18(12-19)13-25)24(30)22-17-31-23(27-22)20-14-26-29(16-20)21-9-4-3-5-10-21/h2-10,12,14,16-17H,1,11,15H2. The van der Waals surface area contributed by atoms with Gasteiger partial charge in [0.05, 0.1) is 23.5 Å². The zero-order valence-electron chi connectivity index (χ0n) is 16.7. The van der Waals surface area contributed by atoms with Gasteiger partial charge in [-0.1, -0.05) is 36.4 Å². The number of rotatable bonds is 7. The Hall–Kier alpha value is -4.02. The number of hydrogen-bond acceptors (Lipinski definition) is 5. The monoisotopic (exact) mass is 425 g/mol. The van der Waals surface area contributed by atoms with E-state index in [1.807, 2.05) is 48.7 Å². The van der Waals surface area contributed by atoms with Crippen molar-refractivity contribution in [1.29, 1.82) is 5.26 Å². The van der Waals surface area contributed by atoms with Crippen LogP contribution < -0.4 is 0 Å². The third-order valence-electron chi connectivity index (χ3n) is 4.64. The molecule has 1 amide bonds. The molecule has 2 aromatic heterocycles. The zero-order chi connectivity index (χ0) is 21.6. The van der Waals surface area contributed by atoms with E-state index in [1.165, 1.54) is 11.3 Å². The Kier molecular flexibility index (Phi) is 6.01. The Labute approximate surface area is 184 Å². The van der Waals surface area contributed by atoms with Crippen molar-refractivity contribution in [2.75, 3.05) is 6.54 Å². The SMILES string of the molecule is C=CCN(Cc1cccc(C#N)c1)C(=O)c1csc(-c2cnn(-c3ccccc3)c2)n1. The number of aromatic nitrogens is 3. The molecule has 4 rings (SSSR count). The minimum Gasteiger partial charge on any atom is -0.329 e. The first-order chi connectivity index (χ1) is 15.2. The molecule has 2 heterocycles. The van der Waals surface area contributed by atoms with Gasteiger partial charge in [-0.2, -0.15) is 10.4 Å². The Morgan fingerprint density at radius 3 is 2.84 bits per heavy atom. The van der Waals surface area contributed by atoms with Crippen LogP contribution in [0.15, 0.2) is 85.0 Å². The smallest absolute Gasteiger partial charge is 0.273 e. The van der Waals surface area contributed by atoms with Crippen molar-refractivity contribution in [3.8, 4) is 22.3 Å². The molecule has 0 aliphatic rings. The van der Waals surface area contributed by atoms with Gasteiger partial charge in [0.25, 0.3) is 5.91 Å². The first-order valence-electron chi connectivity index (χ1n) is 9.63. The highest BCUT2D eigenvalue weighted by molar-refractivity contribution is 7.13. The summed E-state index contributed by atoms with van der Waals surface area (Å²) >= 11 is 1.41. The Morgan fingerprint density at radius 1 is 1.23 bits per heavy atom. The van der Waals surface area contributed by atoms with Crippen LogP contribution in [0.5, 0.6) is 0 Å². The summed E-state index contributed by atoms with van der Waals surface area (Å²) in [7, 11) is 0. The summed E-state index contributed by atoms with van der Waals surface area (Å²) in [5, 5.41) is 16.0. The normalized spacial score (nSPS) is 10.4. The second kappa shape index (κ2) is 9.20. The summed E-state index contributed by atoms with van der Waals surface area (Å²) < 4.78 is 1.78. The van der Waals surface area contributed by atoms with Crippen molar-refractivity contribution < 1.29 is 4.79 Å². The number of para-hydroxylation sites is 1. The molecule has 0 unspecified atom stereocenters. The van der Waals surface area contributed by atoms with Crippen LogP contribution in [0.1, 0.15) is 21.6 Å². The molecule has 0 fully saturated rings. The molecule has 0 aliphatic carbocycles. The summed E-state index contributed by atoms with van der Waals surface area (Å²) in [5.41, 5.74) is 3.64. The number of thiazole rings is 1. The largest absolute Gasteiger partial charge is 0.329 e. The topological polar surface area (TPSA) is 74.8 Å². The quantitative estimate of drug-likeness (QED) is 0.402. The maximum Gasteiger partial charge on any atom is 0.273 e. The van der Waals surface area contributed by atoms with Gasteiger partial charge >= 0.3 is 0 Å². The van der Waals surface area contributed by atoms with E-state index in [2.05, 4.69) is 22.7 Å². The van der Waals surface area contributed by atoms with Crippen molar-refractivity contribution >= 4 is 17.2 Å². The van der Waals surface area contributed by atoms with Crippen LogP contribution in [0.25, 0.3) is 16.3 Å². The van der Waals surface area contributed by atoms with E-state index >= 15 is 0 Å². The van der Waals surface area contributed by atoms with E-state index in [9.17, 15) is 4.79 Å². The lowest BCUT2D eigenvalue weighted by Crippen LogP contribution is -2.31. The lowest BCUT2D eigenvalue weighted by molar-refractivity contribution is 0.0757. The molecular weight excluding hydrogens is 406 g/mol. The molecule has 0 N–H and O–H groups in total. The minimum atomic E-state index is -0.180. The molecule has 0 aliphatic heterocycles. The van der Waals surface area contributed by atoms with Gasteiger partial charge < -0.3 is 4.90 Å². The van der Waals surface area contributed by atoms with Crippen molar-refractivity contribution in [3.63, 3.8) is 0 Å². The van der Waals surface area contributed by atoms with Crippen LogP contribution in [-0.4, -0.2) is 32.1 Å². The van der Waals surface area contributed by atoms with Gasteiger partial charge in [0.2, 0.25) is 0 Å². The summed E-state index contributed by atoms with van der Waals surface area (Å²) in [4.78, 5) is 19.3. The van der Waals surface area contributed by atoms with Gasteiger partial charge in [-0.3, -0.25) is 4.79 Å². The number of nitrogens with zero attached hydrogens (tertiary/aromatic N) is 5. The Bertz CT molecular complexity index is 1250. The van der Waals surface area contributed by atoms with Crippen molar-refractivity contribution in [2.45, 2.75) is 6.54 Å². The number of nitriles is 1. The molecule has 31 heavy (non-hydrogen) atoms. The summed E-state index contributed by atoms with van der Waals surface area (Å²) in [6.45, 7) is 4.52. The molecule has 4 aromatic rings. The summed E-state index contributed by atoms with van der Waals surface area (Å²) in [6.07, 6.45) is 5.33. The fourth-order valence-corrected chi connectivity index (χ4v) is 3.93. The molecule has 0 spiro atoms. The minimum absolute atomic E-state index is 0.180. The van der Waals surface area contributed by atoms with Crippen LogP contribution in [0, 0.1) is 11.3 Å². The van der Waals surface area contributed by atoms with E-state index in [-0.39, 0.29) is 5.91 Å². The zero-order valence-corrected chi connectivity index (χ0v) is 17.5. The van der Waals surface area contributed by atoms with Crippen LogP contribution in [0.2, 0.25) is 0 Å². The fraction of sp³-hybridized carbons (Fsp3) is 0.0833. The van der Waals surface area contributed by atoms with E-state index in [1.54, 1.807) is 39.4 Å². The van der Waals surface area contributed by atoms with E-state index < -0.39 is 0 Å². The van der Waals surface area contributed by atoms with Gasteiger partial charge in [0.15, 0.2) is 0 Å². The maximum atomic E-state index is 13.1. The lowest BCUT2D eigenvalue weighted by atomic mass is 10.1. The summed E-state index contributed by atoms with van der Waals surface area (Å²) in [5.74, 6) is -0.180. The van der Waals surface area contributed by atoms with Gasteiger partial charge in [0, 0.05) is 30.2 Å². The first kappa shape index (κ1) is 20.3.